The molecule has 0 aliphatic carbocycles. The normalized spacial score (nSPS) is 18.0. The molecule has 25 heavy (non-hydrogen) atoms. The molecule has 2 aromatic rings. The van der Waals surface area contributed by atoms with Gasteiger partial charge in [0.15, 0.2) is 5.17 Å². The number of nitrogens with zero attached hydrogens (tertiary/aromatic N) is 2. The molecule has 0 radical (unpaired) electrons. The number of carboxylic acids is 1. The summed E-state index contributed by atoms with van der Waals surface area (Å²) >= 11 is 1.23. The number of aliphatic imine (C=N–C) groups is 1. The molecule has 3 rings (SSSR count). The van der Waals surface area contributed by atoms with Crippen LogP contribution in [-0.4, -0.2) is 34.1 Å². The average Bonchev–Trinajstić information content (AvgIpc) is 3.20. The number of thioether (sulfide) groups is 1. The Morgan fingerprint density at radius 1 is 1.32 bits per heavy atom. The Bertz CT molecular complexity index is 898. The number of hydrogen-bond acceptors (Lipinski definition) is 5. The van der Waals surface area contributed by atoms with Crippen molar-refractivity contribution in [1.29, 1.82) is 0 Å². The van der Waals surface area contributed by atoms with Gasteiger partial charge in [-0.1, -0.05) is 12.1 Å². The summed E-state index contributed by atoms with van der Waals surface area (Å²) in [5, 5.41) is 9.53. The topological polar surface area (TPSA) is 83.1 Å². The number of amides is 1. The third-order valence-electron chi connectivity index (χ3n) is 3.37. The Morgan fingerprint density at radius 2 is 2.16 bits per heavy atom. The van der Waals surface area contributed by atoms with E-state index >= 15 is 0 Å². The molecule has 1 aliphatic rings. The number of aromatic carboxylic acids is 1. The van der Waals surface area contributed by atoms with Gasteiger partial charge in [-0.15, -0.1) is 0 Å². The van der Waals surface area contributed by atoms with E-state index in [2.05, 4.69) is 4.99 Å². The second kappa shape index (κ2) is 7.23. The van der Waals surface area contributed by atoms with Gasteiger partial charge in [0.1, 0.15) is 5.76 Å². The van der Waals surface area contributed by atoms with Gasteiger partial charge in [0.25, 0.3) is 5.91 Å². The van der Waals surface area contributed by atoms with Gasteiger partial charge in [0.05, 0.1) is 22.4 Å². The van der Waals surface area contributed by atoms with Gasteiger partial charge in [-0.2, -0.15) is 0 Å². The predicted octanol–water partition coefficient (Wildman–Crippen LogP) is 3.77. The third kappa shape index (κ3) is 3.89. The maximum atomic E-state index is 12.3. The first kappa shape index (κ1) is 16.8. The molecule has 7 heteroatoms. The number of benzene rings is 1. The largest absolute Gasteiger partial charge is 0.478 e. The van der Waals surface area contributed by atoms with Crippen LogP contribution in [0.4, 0.5) is 5.69 Å². The number of amidine groups is 1. The molecule has 1 fully saturated rings. The number of carboxylic acid groups (broad SMARTS) is 1. The number of likely N-dealkylation sites (N-methyl/N-ethyl adjacent to an activating group) is 1. The zero-order valence-corrected chi connectivity index (χ0v) is 14.1. The fourth-order valence-corrected chi connectivity index (χ4v) is 3.04. The fourth-order valence-electron chi connectivity index (χ4n) is 2.10. The van der Waals surface area contributed by atoms with Crippen molar-refractivity contribution in [1.82, 2.24) is 4.90 Å². The minimum absolute atomic E-state index is 0.149. The smallest absolute Gasteiger partial charge is 0.335 e. The summed E-state index contributed by atoms with van der Waals surface area (Å²) in [7, 11) is 1.63. The molecule has 1 N–H and O–H groups in total. The van der Waals surface area contributed by atoms with E-state index in [0.29, 0.717) is 21.5 Å². The molecule has 0 saturated carbocycles. The van der Waals surface area contributed by atoms with Crippen molar-refractivity contribution >= 4 is 40.6 Å². The van der Waals surface area contributed by atoms with Crippen molar-refractivity contribution in [2.24, 2.45) is 4.99 Å². The SMILES string of the molecule is CN1C(=O)C(=CC=Cc2ccco2)SC1=Nc1cccc(C(=O)O)c1. The Balaban J connectivity index is 1.81. The van der Waals surface area contributed by atoms with E-state index in [1.807, 2.05) is 6.07 Å². The van der Waals surface area contributed by atoms with Crippen LogP contribution in [0.3, 0.4) is 0 Å². The lowest BCUT2D eigenvalue weighted by Crippen LogP contribution is -2.23. The van der Waals surface area contributed by atoms with Crippen LogP contribution < -0.4 is 0 Å². The van der Waals surface area contributed by atoms with Crippen molar-refractivity contribution in [3.63, 3.8) is 0 Å². The first-order valence-corrected chi connectivity index (χ1v) is 8.16. The summed E-state index contributed by atoms with van der Waals surface area (Å²) in [6.45, 7) is 0. The fraction of sp³-hybridized carbons (Fsp3) is 0.0556. The first-order chi connectivity index (χ1) is 12.0. The standard InChI is InChI=1S/C18H14N2O4S/c1-20-16(21)15(9-3-7-14-8-4-10-24-14)25-18(20)19-13-6-2-5-12(11-13)17(22)23/h2-11H,1H3,(H,22,23). The van der Waals surface area contributed by atoms with Gasteiger partial charge in [-0.05, 0) is 54.2 Å². The summed E-state index contributed by atoms with van der Waals surface area (Å²) < 4.78 is 5.19. The van der Waals surface area contributed by atoms with Crippen LogP contribution in [0.15, 0.2) is 69.1 Å². The number of carbonyl (C=O) groups is 2. The molecule has 126 valence electrons. The highest BCUT2D eigenvalue weighted by Gasteiger charge is 2.29. The molecule has 1 saturated heterocycles. The van der Waals surface area contributed by atoms with Gasteiger partial charge in [-0.3, -0.25) is 9.69 Å². The molecule has 0 spiro atoms. The lowest BCUT2D eigenvalue weighted by Gasteiger charge is -2.07. The Morgan fingerprint density at radius 3 is 2.88 bits per heavy atom. The summed E-state index contributed by atoms with van der Waals surface area (Å²) in [6, 6.07) is 9.86. The van der Waals surface area contributed by atoms with E-state index in [9.17, 15) is 9.59 Å². The molecule has 0 bridgehead atoms. The van der Waals surface area contributed by atoms with Crippen molar-refractivity contribution < 1.29 is 19.1 Å². The summed E-state index contributed by atoms with van der Waals surface area (Å²) in [5.41, 5.74) is 0.630. The number of hydrogen-bond donors (Lipinski definition) is 1. The molecular formula is C18H14N2O4S. The maximum absolute atomic E-state index is 12.3. The van der Waals surface area contributed by atoms with Crippen molar-refractivity contribution in [2.75, 3.05) is 7.05 Å². The van der Waals surface area contributed by atoms with Gasteiger partial charge >= 0.3 is 5.97 Å². The minimum Gasteiger partial charge on any atom is -0.478 e. The first-order valence-electron chi connectivity index (χ1n) is 7.34. The highest BCUT2D eigenvalue weighted by molar-refractivity contribution is 8.18. The van der Waals surface area contributed by atoms with Crippen LogP contribution in [0.2, 0.25) is 0 Å². The van der Waals surface area contributed by atoms with E-state index in [1.165, 1.54) is 28.8 Å². The number of carbonyl (C=O) groups excluding carboxylic acids is 1. The van der Waals surface area contributed by atoms with Crippen LogP contribution in [0.25, 0.3) is 6.08 Å². The summed E-state index contributed by atoms with van der Waals surface area (Å²) in [4.78, 5) is 29.7. The molecule has 0 atom stereocenters. The van der Waals surface area contributed by atoms with E-state index in [4.69, 9.17) is 9.52 Å². The van der Waals surface area contributed by atoms with E-state index in [0.717, 1.165) is 0 Å². The number of allylic oxidation sites excluding steroid dienone is 2. The van der Waals surface area contributed by atoms with Crippen molar-refractivity contribution in [2.45, 2.75) is 0 Å². The highest BCUT2D eigenvalue weighted by atomic mass is 32.2. The van der Waals surface area contributed by atoms with Gasteiger partial charge in [-0.25, -0.2) is 9.79 Å². The van der Waals surface area contributed by atoms with Gasteiger partial charge < -0.3 is 9.52 Å². The zero-order valence-electron chi connectivity index (χ0n) is 13.2. The van der Waals surface area contributed by atoms with Crippen LogP contribution in [0.5, 0.6) is 0 Å². The van der Waals surface area contributed by atoms with Gasteiger partial charge in [0.2, 0.25) is 0 Å². The molecule has 1 aromatic heterocycles. The zero-order chi connectivity index (χ0) is 17.8. The molecular weight excluding hydrogens is 340 g/mol. The number of furan rings is 1. The molecule has 1 amide bonds. The minimum atomic E-state index is -1.02. The van der Waals surface area contributed by atoms with Crippen molar-refractivity contribution in [3.05, 3.63) is 71.0 Å². The maximum Gasteiger partial charge on any atom is 0.335 e. The molecule has 0 unspecified atom stereocenters. The lowest BCUT2D eigenvalue weighted by molar-refractivity contribution is -0.121. The van der Waals surface area contributed by atoms with E-state index in [1.54, 1.807) is 49.7 Å². The molecule has 6 nitrogen and oxygen atoms in total. The predicted molar refractivity (Wildman–Crippen MR) is 96.7 cm³/mol. The van der Waals surface area contributed by atoms with E-state index in [-0.39, 0.29) is 11.5 Å². The van der Waals surface area contributed by atoms with Crippen LogP contribution in [0.1, 0.15) is 16.1 Å². The molecule has 1 aromatic carbocycles. The Kier molecular flexibility index (Phi) is 4.85. The second-order valence-electron chi connectivity index (χ2n) is 5.12. The lowest BCUT2D eigenvalue weighted by atomic mass is 10.2. The van der Waals surface area contributed by atoms with Crippen molar-refractivity contribution in [3.8, 4) is 0 Å². The monoisotopic (exact) mass is 354 g/mol. The van der Waals surface area contributed by atoms with Gasteiger partial charge in [0, 0.05) is 7.05 Å². The Labute approximate surface area is 148 Å². The number of rotatable bonds is 4. The molecule has 1 aliphatic heterocycles. The van der Waals surface area contributed by atoms with Crippen LogP contribution >= 0.6 is 11.8 Å². The van der Waals surface area contributed by atoms with E-state index < -0.39 is 5.97 Å². The summed E-state index contributed by atoms with van der Waals surface area (Å²) in [6.07, 6.45) is 6.77. The average molecular weight is 354 g/mol. The van der Waals surface area contributed by atoms with Crippen LogP contribution in [0, 0.1) is 0 Å². The quantitative estimate of drug-likeness (QED) is 0.845. The summed E-state index contributed by atoms with van der Waals surface area (Å²) in [5.74, 6) is -0.489. The molecule has 2 heterocycles. The Hall–Kier alpha value is -3.06. The third-order valence-corrected chi connectivity index (χ3v) is 4.45. The second-order valence-corrected chi connectivity index (χ2v) is 6.13. The van der Waals surface area contributed by atoms with Crippen LogP contribution in [-0.2, 0) is 4.79 Å². The highest BCUT2D eigenvalue weighted by Crippen LogP contribution is 2.31.